The lowest BCUT2D eigenvalue weighted by atomic mass is 9.93. The van der Waals surface area contributed by atoms with E-state index >= 15 is 0 Å². The molecule has 0 aliphatic heterocycles. The van der Waals surface area contributed by atoms with Crippen LogP contribution in [0.4, 0.5) is 0 Å². The zero-order valence-electron chi connectivity index (χ0n) is 13.7. The summed E-state index contributed by atoms with van der Waals surface area (Å²) < 4.78 is 3.33. The van der Waals surface area contributed by atoms with E-state index in [2.05, 4.69) is 20.5 Å². The molecule has 0 saturated carbocycles. The Balaban J connectivity index is 1.60. The summed E-state index contributed by atoms with van der Waals surface area (Å²) in [6.45, 7) is 0. The van der Waals surface area contributed by atoms with Crippen LogP contribution in [0, 0.1) is 0 Å². The molecule has 1 atom stereocenters. The third kappa shape index (κ3) is 2.91. The minimum absolute atomic E-state index is 0.0884. The maximum absolute atomic E-state index is 12.5. The zero-order chi connectivity index (χ0) is 17.4. The van der Waals surface area contributed by atoms with E-state index in [4.69, 9.17) is 11.6 Å². The van der Waals surface area contributed by atoms with Gasteiger partial charge in [-0.2, -0.15) is 10.2 Å². The zero-order valence-corrected chi connectivity index (χ0v) is 14.4. The Morgan fingerprint density at radius 2 is 2.28 bits per heavy atom. The van der Waals surface area contributed by atoms with Crippen molar-refractivity contribution in [1.82, 2.24) is 29.9 Å². The molecule has 1 N–H and O–H groups in total. The van der Waals surface area contributed by atoms with E-state index in [1.54, 1.807) is 19.3 Å². The standard InChI is InChI=1S/C17H17ClN6O/c1-23-15(18)9-13(22-23)17(25)21-12-5-4-6-14-11(12)10-20-24(14)16-7-2-3-8-19-16/h2-3,7-10,12H,4-6H2,1H3,(H,21,25)/t12-/m0/s1. The first kappa shape index (κ1) is 15.8. The van der Waals surface area contributed by atoms with Gasteiger partial charge in [0.25, 0.3) is 5.91 Å². The van der Waals surface area contributed by atoms with Gasteiger partial charge in [0.15, 0.2) is 11.5 Å². The summed E-state index contributed by atoms with van der Waals surface area (Å²) in [5.41, 5.74) is 2.44. The van der Waals surface area contributed by atoms with Crippen LogP contribution in [0.5, 0.6) is 0 Å². The average Bonchev–Trinajstić information content (AvgIpc) is 3.20. The van der Waals surface area contributed by atoms with E-state index in [9.17, 15) is 4.79 Å². The molecule has 0 radical (unpaired) electrons. The minimum Gasteiger partial charge on any atom is -0.344 e. The number of halogens is 1. The van der Waals surface area contributed by atoms with Crippen molar-refractivity contribution in [2.45, 2.75) is 25.3 Å². The van der Waals surface area contributed by atoms with Crippen molar-refractivity contribution < 1.29 is 4.79 Å². The second-order valence-corrected chi connectivity index (χ2v) is 6.43. The Labute approximate surface area is 149 Å². The molecule has 3 heterocycles. The SMILES string of the molecule is Cn1nc(C(=O)N[C@H]2CCCc3c2cnn3-c2ccccn2)cc1Cl. The number of hydrogen-bond acceptors (Lipinski definition) is 4. The van der Waals surface area contributed by atoms with Gasteiger partial charge in [0.2, 0.25) is 0 Å². The largest absolute Gasteiger partial charge is 0.344 e. The van der Waals surface area contributed by atoms with Gasteiger partial charge in [0.1, 0.15) is 5.15 Å². The number of amides is 1. The number of aryl methyl sites for hydroxylation is 1. The second-order valence-electron chi connectivity index (χ2n) is 6.04. The van der Waals surface area contributed by atoms with Gasteiger partial charge in [-0.1, -0.05) is 17.7 Å². The molecule has 3 aromatic rings. The van der Waals surface area contributed by atoms with Crippen LogP contribution < -0.4 is 5.32 Å². The van der Waals surface area contributed by atoms with Crippen LogP contribution in [-0.2, 0) is 13.5 Å². The summed E-state index contributed by atoms with van der Waals surface area (Å²) >= 11 is 5.97. The molecule has 0 fully saturated rings. The van der Waals surface area contributed by atoms with Crippen LogP contribution in [0.3, 0.4) is 0 Å². The Morgan fingerprint density at radius 3 is 3.00 bits per heavy atom. The highest BCUT2D eigenvalue weighted by molar-refractivity contribution is 6.29. The first-order chi connectivity index (χ1) is 12.1. The second kappa shape index (κ2) is 6.33. The van der Waals surface area contributed by atoms with Crippen LogP contribution in [0.2, 0.25) is 5.15 Å². The van der Waals surface area contributed by atoms with E-state index in [1.165, 1.54) is 4.68 Å². The number of carbonyl (C=O) groups is 1. The van der Waals surface area contributed by atoms with Gasteiger partial charge in [-0.15, -0.1) is 0 Å². The van der Waals surface area contributed by atoms with Gasteiger partial charge in [-0.05, 0) is 31.4 Å². The van der Waals surface area contributed by atoms with E-state index in [0.29, 0.717) is 10.8 Å². The van der Waals surface area contributed by atoms with Gasteiger partial charge in [-0.25, -0.2) is 9.67 Å². The molecular formula is C17H17ClN6O. The molecule has 1 aliphatic rings. The highest BCUT2D eigenvalue weighted by Crippen LogP contribution is 2.31. The smallest absolute Gasteiger partial charge is 0.272 e. The summed E-state index contributed by atoms with van der Waals surface area (Å²) in [6.07, 6.45) is 6.32. The van der Waals surface area contributed by atoms with E-state index < -0.39 is 0 Å². The minimum atomic E-state index is -0.231. The Hall–Kier alpha value is -2.67. The summed E-state index contributed by atoms with van der Waals surface area (Å²) in [6, 6.07) is 7.21. The predicted molar refractivity (Wildman–Crippen MR) is 92.7 cm³/mol. The van der Waals surface area contributed by atoms with Crippen LogP contribution in [-0.4, -0.2) is 30.5 Å². The van der Waals surface area contributed by atoms with Gasteiger partial charge < -0.3 is 5.32 Å². The van der Waals surface area contributed by atoms with Crippen molar-refractivity contribution in [2.24, 2.45) is 7.05 Å². The normalized spacial score (nSPS) is 16.5. The van der Waals surface area contributed by atoms with Crippen LogP contribution >= 0.6 is 11.6 Å². The first-order valence-corrected chi connectivity index (χ1v) is 8.50. The molecule has 0 bridgehead atoms. The van der Waals surface area contributed by atoms with Crippen LogP contribution in [0.1, 0.15) is 40.6 Å². The lowest BCUT2D eigenvalue weighted by Crippen LogP contribution is -2.31. The average molecular weight is 357 g/mol. The van der Waals surface area contributed by atoms with Gasteiger partial charge >= 0.3 is 0 Å². The fourth-order valence-electron chi connectivity index (χ4n) is 3.17. The number of hydrogen-bond donors (Lipinski definition) is 1. The Kier molecular flexibility index (Phi) is 4.01. The molecular weight excluding hydrogens is 340 g/mol. The van der Waals surface area contributed by atoms with Crippen molar-refractivity contribution in [3.05, 3.63) is 58.8 Å². The quantitative estimate of drug-likeness (QED) is 0.782. The molecule has 25 heavy (non-hydrogen) atoms. The molecule has 0 spiro atoms. The first-order valence-electron chi connectivity index (χ1n) is 8.12. The molecule has 0 aromatic carbocycles. The fourth-order valence-corrected chi connectivity index (χ4v) is 3.31. The highest BCUT2D eigenvalue weighted by atomic mass is 35.5. The summed E-state index contributed by atoms with van der Waals surface area (Å²) in [4.78, 5) is 16.8. The maximum atomic E-state index is 12.5. The van der Waals surface area contributed by atoms with Crippen molar-refractivity contribution in [1.29, 1.82) is 0 Å². The molecule has 128 valence electrons. The topological polar surface area (TPSA) is 77.6 Å². The number of nitrogens with one attached hydrogen (secondary N) is 1. The third-order valence-electron chi connectivity index (χ3n) is 4.41. The number of fused-ring (bicyclic) bond motifs is 1. The van der Waals surface area contributed by atoms with Crippen LogP contribution in [0.15, 0.2) is 36.7 Å². The highest BCUT2D eigenvalue weighted by Gasteiger charge is 2.27. The summed E-state index contributed by atoms with van der Waals surface area (Å²) in [5, 5.41) is 12.1. The molecule has 8 heteroatoms. The molecule has 7 nitrogen and oxygen atoms in total. The number of nitrogens with zero attached hydrogens (tertiary/aromatic N) is 5. The van der Waals surface area contributed by atoms with Gasteiger partial charge in [-0.3, -0.25) is 9.48 Å². The van der Waals surface area contributed by atoms with Crippen molar-refractivity contribution in [2.75, 3.05) is 0 Å². The van der Waals surface area contributed by atoms with E-state index in [1.807, 2.05) is 29.1 Å². The van der Waals surface area contributed by atoms with Gasteiger partial charge in [0.05, 0.1) is 17.9 Å². The molecule has 0 unspecified atom stereocenters. The fraction of sp³-hybridized carbons (Fsp3) is 0.294. The predicted octanol–water partition coefficient (Wildman–Crippen LogP) is 2.46. The lowest BCUT2D eigenvalue weighted by molar-refractivity contribution is 0.0927. The summed E-state index contributed by atoms with van der Waals surface area (Å²) in [7, 11) is 1.70. The lowest BCUT2D eigenvalue weighted by Gasteiger charge is -2.23. The van der Waals surface area contributed by atoms with Crippen molar-refractivity contribution in [3.8, 4) is 5.82 Å². The molecule has 1 amide bonds. The molecule has 4 rings (SSSR count). The number of rotatable bonds is 3. The van der Waals surface area contributed by atoms with E-state index in [0.717, 1.165) is 36.3 Å². The maximum Gasteiger partial charge on any atom is 0.272 e. The van der Waals surface area contributed by atoms with Crippen molar-refractivity contribution >= 4 is 17.5 Å². The molecule has 0 saturated heterocycles. The molecule has 1 aliphatic carbocycles. The van der Waals surface area contributed by atoms with Crippen molar-refractivity contribution in [3.63, 3.8) is 0 Å². The van der Waals surface area contributed by atoms with E-state index in [-0.39, 0.29) is 11.9 Å². The Bertz CT molecular complexity index is 897. The number of carbonyl (C=O) groups excluding carboxylic acids is 1. The number of pyridine rings is 1. The Morgan fingerprint density at radius 1 is 1.40 bits per heavy atom. The number of aromatic nitrogens is 5. The van der Waals surface area contributed by atoms with Gasteiger partial charge in [0, 0.05) is 24.9 Å². The summed E-state index contributed by atoms with van der Waals surface area (Å²) in [5.74, 6) is 0.554. The van der Waals surface area contributed by atoms with Crippen LogP contribution in [0.25, 0.3) is 5.82 Å². The molecule has 3 aromatic heterocycles. The third-order valence-corrected chi connectivity index (χ3v) is 4.76. The monoisotopic (exact) mass is 356 g/mol.